The predicted octanol–water partition coefficient (Wildman–Crippen LogP) is 1.64. The molecule has 2 N–H and O–H groups in total. The Morgan fingerprint density at radius 1 is 1.30 bits per heavy atom. The number of benzene rings is 1. The lowest BCUT2D eigenvalue weighted by molar-refractivity contribution is 0.196. The quantitative estimate of drug-likeness (QED) is 0.861. The highest BCUT2D eigenvalue weighted by Crippen LogP contribution is 2.26. The lowest BCUT2D eigenvalue weighted by Gasteiger charge is -2.34. The molecule has 0 radical (unpaired) electrons. The number of nitrogens with two attached hydrogens (primary N) is 1. The monoisotopic (exact) mass is 317 g/mol. The van der Waals surface area contributed by atoms with E-state index in [-0.39, 0.29) is 10.6 Å². The van der Waals surface area contributed by atoms with E-state index < -0.39 is 10.0 Å². The third-order valence-corrected chi connectivity index (χ3v) is 6.00. The van der Waals surface area contributed by atoms with Crippen LogP contribution in [-0.4, -0.2) is 50.8 Å². The molecule has 1 aromatic carbocycles. The summed E-state index contributed by atoms with van der Waals surface area (Å²) >= 11 is 5.83. The Hall–Kier alpha value is -0.820. The zero-order valence-corrected chi connectivity index (χ0v) is 13.3. The Morgan fingerprint density at radius 3 is 2.40 bits per heavy atom. The maximum atomic E-state index is 12.5. The number of hydrogen-bond acceptors (Lipinski definition) is 4. The van der Waals surface area contributed by atoms with Gasteiger partial charge in [-0.2, -0.15) is 4.31 Å². The van der Waals surface area contributed by atoms with Gasteiger partial charge in [0.2, 0.25) is 10.0 Å². The molecule has 0 saturated carbocycles. The first kappa shape index (κ1) is 15.6. The molecule has 7 heteroatoms. The Labute approximate surface area is 125 Å². The number of hydrogen-bond donors (Lipinski definition) is 1. The topological polar surface area (TPSA) is 66.6 Å². The molecule has 5 nitrogen and oxygen atoms in total. The normalized spacial score (nSPS) is 18.6. The molecule has 1 aliphatic rings. The van der Waals surface area contributed by atoms with Crippen LogP contribution in [0, 0.1) is 0 Å². The number of nitrogen functional groups attached to an aromatic ring is 1. The molecule has 0 unspecified atom stereocenters. The molecule has 112 valence electrons. The second-order valence-electron chi connectivity index (χ2n) is 5.28. The average Bonchev–Trinajstić information content (AvgIpc) is 2.41. The average molecular weight is 318 g/mol. The summed E-state index contributed by atoms with van der Waals surface area (Å²) in [6.45, 7) is 1.07. The Morgan fingerprint density at radius 2 is 1.90 bits per heavy atom. The molecule has 1 aliphatic heterocycles. The van der Waals surface area contributed by atoms with E-state index in [9.17, 15) is 8.42 Å². The number of nitrogens with zero attached hydrogens (tertiary/aromatic N) is 2. The maximum Gasteiger partial charge on any atom is 0.243 e. The molecule has 1 heterocycles. The molecule has 0 aliphatic carbocycles. The van der Waals surface area contributed by atoms with Crippen LogP contribution in [0.4, 0.5) is 5.69 Å². The summed E-state index contributed by atoms with van der Waals surface area (Å²) in [4.78, 5) is 2.35. The number of anilines is 1. The fraction of sp³-hybridized carbons (Fsp3) is 0.538. The van der Waals surface area contributed by atoms with Gasteiger partial charge in [-0.25, -0.2) is 8.42 Å². The highest BCUT2D eigenvalue weighted by molar-refractivity contribution is 7.89. The Bertz CT molecular complexity index is 581. The van der Waals surface area contributed by atoms with Gasteiger partial charge in [-0.05, 0) is 45.1 Å². The van der Waals surface area contributed by atoms with Crippen LogP contribution in [0.25, 0.3) is 0 Å². The van der Waals surface area contributed by atoms with Crippen LogP contribution in [0.2, 0.25) is 5.02 Å². The van der Waals surface area contributed by atoms with E-state index in [0.717, 1.165) is 12.8 Å². The second-order valence-corrected chi connectivity index (χ2v) is 7.63. The van der Waals surface area contributed by atoms with Gasteiger partial charge in [0.15, 0.2) is 0 Å². The lowest BCUT2D eigenvalue weighted by atomic mass is 10.1. The van der Waals surface area contributed by atoms with E-state index in [2.05, 4.69) is 4.90 Å². The van der Waals surface area contributed by atoms with Crippen LogP contribution >= 0.6 is 11.6 Å². The van der Waals surface area contributed by atoms with Gasteiger partial charge in [0.1, 0.15) is 0 Å². The van der Waals surface area contributed by atoms with Crippen LogP contribution in [0.15, 0.2) is 23.1 Å². The predicted molar refractivity (Wildman–Crippen MR) is 81.3 cm³/mol. The number of piperidine rings is 1. The van der Waals surface area contributed by atoms with E-state index in [4.69, 9.17) is 17.3 Å². The molecule has 0 spiro atoms. The molecule has 0 bridgehead atoms. The van der Waals surface area contributed by atoms with E-state index >= 15 is 0 Å². The van der Waals surface area contributed by atoms with Crippen LogP contribution in [0.3, 0.4) is 0 Å². The van der Waals surface area contributed by atoms with Gasteiger partial charge in [0, 0.05) is 19.1 Å². The van der Waals surface area contributed by atoms with Crippen molar-refractivity contribution in [1.82, 2.24) is 9.21 Å². The molecule has 0 aromatic heterocycles. The third kappa shape index (κ3) is 3.09. The van der Waals surface area contributed by atoms with E-state index in [0.29, 0.717) is 24.2 Å². The molecule has 1 saturated heterocycles. The highest BCUT2D eigenvalue weighted by Gasteiger charge is 2.30. The van der Waals surface area contributed by atoms with Crippen molar-refractivity contribution in [3.8, 4) is 0 Å². The van der Waals surface area contributed by atoms with Gasteiger partial charge in [-0.3, -0.25) is 0 Å². The first-order valence-electron chi connectivity index (χ1n) is 6.54. The van der Waals surface area contributed by atoms with Gasteiger partial charge in [0.05, 0.1) is 15.6 Å². The summed E-state index contributed by atoms with van der Waals surface area (Å²) < 4.78 is 26.6. The summed E-state index contributed by atoms with van der Waals surface area (Å²) in [6.07, 6.45) is 1.69. The number of sulfonamides is 1. The second kappa shape index (κ2) is 5.89. The fourth-order valence-electron chi connectivity index (χ4n) is 2.43. The summed E-state index contributed by atoms with van der Waals surface area (Å²) in [5, 5.41) is 0.371. The molecule has 1 fully saturated rings. The first-order chi connectivity index (χ1) is 9.32. The van der Waals surface area contributed by atoms with Gasteiger partial charge >= 0.3 is 0 Å². The zero-order chi connectivity index (χ0) is 14.9. The summed E-state index contributed by atoms with van der Waals surface area (Å²) in [7, 11) is 0.571. The molecule has 0 atom stereocenters. The van der Waals surface area contributed by atoms with Crippen molar-refractivity contribution in [1.29, 1.82) is 0 Å². The van der Waals surface area contributed by atoms with Gasteiger partial charge < -0.3 is 10.6 Å². The molecule has 0 amide bonds. The summed E-state index contributed by atoms with van der Waals surface area (Å²) in [5.74, 6) is 0. The maximum absolute atomic E-state index is 12.5. The minimum absolute atomic E-state index is 0.211. The van der Waals surface area contributed by atoms with Gasteiger partial charge in [-0.1, -0.05) is 11.6 Å². The van der Waals surface area contributed by atoms with Crippen LogP contribution in [0.1, 0.15) is 12.8 Å². The molecule has 20 heavy (non-hydrogen) atoms. The van der Waals surface area contributed by atoms with Crippen molar-refractivity contribution >= 4 is 27.3 Å². The van der Waals surface area contributed by atoms with Crippen molar-refractivity contribution in [2.45, 2.75) is 23.8 Å². The Kier molecular flexibility index (Phi) is 4.59. The van der Waals surface area contributed by atoms with E-state index in [1.807, 2.05) is 14.1 Å². The van der Waals surface area contributed by atoms with Crippen molar-refractivity contribution < 1.29 is 8.42 Å². The highest BCUT2D eigenvalue weighted by atomic mass is 35.5. The summed E-state index contributed by atoms with van der Waals surface area (Å²) in [6, 6.07) is 4.90. The minimum atomic E-state index is -3.47. The van der Waals surface area contributed by atoms with Gasteiger partial charge in [0.25, 0.3) is 0 Å². The largest absolute Gasteiger partial charge is 0.397 e. The van der Waals surface area contributed by atoms with Crippen molar-refractivity contribution in [2.24, 2.45) is 0 Å². The lowest BCUT2D eigenvalue weighted by Crippen LogP contribution is -2.44. The van der Waals surface area contributed by atoms with Gasteiger partial charge in [-0.15, -0.1) is 0 Å². The molecular formula is C13H20ClN3O2S. The third-order valence-electron chi connectivity index (χ3n) is 3.76. The molecule has 2 rings (SSSR count). The SMILES string of the molecule is CN(C)C1CCN(S(=O)(=O)c2ccc(Cl)c(N)c2)CC1. The molecule has 1 aromatic rings. The zero-order valence-electron chi connectivity index (χ0n) is 11.7. The van der Waals surface area contributed by atoms with Crippen molar-refractivity contribution in [2.75, 3.05) is 32.9 Å². The smallest absolute Gasteiger partial charge is 0.243 e. The van der Waals surface area contributed by atoms with Crippen LogP contribution < -0.4 is 5.73 Å². The standard InChI is InChI=1S/C13H20ClN3O2S/c1-16(2)10-5-7-17(8-6-10)20(18,19)11-3-4-12(14)13(15)9-11/h3-4,9-10H,5-8,15H2,1-2H3. The van der Waals surface area contributed by atoms with Crippen molar-refractivity contribution in [3.63, 3.8) is 0 Å². The number of rotatable bonds is 3. The molecular weight excluding hydrogens is 298 g/mol. The van der Waals surface area contributed by atoms with Crippen LogP contribution in [-0.2, 0) is 10.0 Å². The number of halogens is 1. The fourth-order valence-corrected chi connectivity index (χ4v) is 4.05. The van der Waals surface area contributed by atoms with E-state index in [1.165, 1.54) is 22.5 Å². The first-order valence-corrected chi connectivity index (χ1v) is 8.36. The summed E-state index contributed by atoms with van der Waals surface area (Å²) in [5.41, 5.74) is 5.97. The Balaban J connectivity index is 2.17. The minimum Gasteiger partial charge on any atom is -0.397 e. The van der Waals surface area contributed by atoms with Crippen LogP contribution in [0.5, 0.6) is 0 Å². The van der Waals surface area contributed by atoms with E-state index in [1.54, 1.807) is 0 Å². The van der Waals surface area contributed by atoms with Crippen molar-refractivity contribution in [3.05, 3.63) is 23.2 Å².